The van der Waals surface area contributed by atoms with Gasteiger partial charge < -0.3 is 0 Å². The van der Waals surface area contributed by atoms with Gasteiger partial charge in [0.2, 0.25) is 0 Å². The van der Waals surface area contributed by atoms with Crippen LogP contribution in [-0.2, 0) is 6.54 Å². The van der Waals surface area contributed by atoms with E-state index >= 15 is 0 Å². The van der Waals surface area contributed by atoms with E-state index in [1.165, 1.54) is 0 Å². The molecule has 0 aliphatic carbocycles. The van der Waals surface area contributed by atoms with Crippen LogP contribution in [0.2, 0.25) is 0 Å². The van der Waals surface area contributed by atoms with Crippen molar-refractivity contribution in [2.24, 2.45) is 0 Å². The van der Waals surface area contributed by atoms with Crippen LogP contribution in [-0.4, -0.2) is 42.6 Å². The second-order valence-corrected chi connectivity index (χ2v) is 7.33. The van der Waals surface area contributed by atoms with Crippen molar-refractivity contribution in [2.75, 3.05) is 13.1 Å². The molecule has 1 saturated heterocycles. The summed E-state index contributed by atoms with van der Waals surface area (Å²) in [6, 6.07) is 14.2. The highest BCUT2D eigenvalue weighted by molar-refractivity contribution is 5.63. The van der Waals surface area contributed by atoms with Gasteiger partial charge in [-0.3, -0.25) is 14.9 Å². The molecule has 28 heavy (non-hydrogen) atoms. The number of pyridine rings is 3. The van der Waals surface area contributed by atoms with Gasteiger partial charge in [0.25, 0.3) is 0 Å². The Morgan fingerprint density at radius 2 is 2.00 bits per heavy atom. The van der Waals surface area contributed by atoms with Gasteiger partial charge in [0.05, 0.1) is 5.69 Å². The van der Waals surface area contributed by atoms with E-state index in [-0.39, 0.29) is 0 Å². The second-order valence-electron chi connectivity index (χ2n) is 7.33. The highest BCUT2D eigenvalue weighted by atomic mass is 15.3. The zero-order valence-corrected chi connectivity index (χ0v) is 15.6. The molecular weight excluding hydrogens is 348 g/mol. The summed E-state index contributed by atoms with van der Waals surface area (Å²) in [7, 11) is 0. The lowest BCUT2D eigenvalue weighted by Crippen LogP contribution is -2.34. The number of hydrogen-bond donors (Lipinski definition) is 0. The van der Waals surface area contributed by atoms with Crippen molar-refractivity contribution in [1.29, 1.82) is 0 Å². The first kappa shape index (κ1) is 17.0. The quantitative estimate of drug-likeness (QED) is 0.550. The van der Waals surface area contributed by atoms with Gasteiger partial charge in [0.15, 0.2) is 11.5 Å². The van der Waals surface area contributed by atoms with E-state index in [2.05, 4.69) is 33.1 Å². The third-order valence-corrected chi connectivity index (χ3v) is 5.32. The van der Waals surface area contributed by atoms with Gasteiger partial charge in [0.1, 0.15) is 0 Å². The van der Waals surface area contributed by atoms with Crippen molar-refractivity contribution in [1.82, 2.24) is 29.5 Å². The maximum Gasteiger partial charge on any atom is 0.156 e. The number of likely N-dealkylation sites (tertiary alicyclic amines) is 1. The van der Waals surface area contributed by atoms with Crippen LogP contribution in [0.25, 0.3) is 16.8 Å². The predicted molar refractivity (Wildman–Crippen MR) is 108 cm³/mol. The number of hydrogen-bond acceptors (Lipinski definition) is 5. The third-order valence-electron chi connectivity index (χ3n) is 5.32. The molecule has 4 aromatic heterocycles. The fourth-order valence-electron chi connectivity index (χ4n) is 3.91. The predicted octanol–water partition coefficient (Wildman–Crippen LogP) is 3.57. The summed E-state index contributed by atoms with van der Waals surface area (Å²) in [4.78, 5) is 15.9. The molecule has 4 aromatic rings. The van der Waals surface area contributed by atoms with Crippen molar-refractivity contribution in [3.8, 4) is 11.1 Å². The Hall–Kier alpha value is -3.12. The lowest BCUT2D eigenvalue weighted by Gasteiger charge is -2.31. The summed E-state index contributed by atoms with van der Waals surface area (Å²) in [5.74, 6) is 1.30. The zero-order chi connectivity index (χ0) is 18.8. The van der Waals surface area contributed by atoms with Crippen LogP contribution in [0.4, 0.5) is 0 Å². The highest BCUT2D eigenvalue weighted by Crippen LogP contribution is 2.26. The number of nitrogens with zero attached hydrogens (tertiary/aromatic N) is 6. The Bertz CT molecular complexity index is 1060. The summed E-state index contributed by atoms with van der Waals surface area (Å²) < 4.78 is 1.90. The first-order valence-corrected chi connectivity index (χ1v) is 9.74. The summed E-state index contributed by atoms with van der Waals surface area (Å²) >= 11 is 0. The Balaban J connectivity index is 1.36. The van der Waals surface area contributed by atoms with Crippen LogP contribution in [0.1, 0.15) is 30.3 Å². The first-order valence-electron chi connectivity index (χ1n) is 9.74. The van der Waals surface area contributed by atoms with E-state index in [4.69, 9.17) is 10.1 Å². The minimum Gasteiger partial charge on any atom is -0.297 e. The molecule has 1 atom stereocenters. The molecule has 1 aliphatic rings. The second kappa shape index (κ2) is 7.48. The van der Waals surface area contributed by atoms with Crippen molar-refractivity contribution >= 4 is 5.65 Å². The van der Waals surface area contributed by atoms with E-state index in [1.54, 1.807) is 6.20 Å². The molecule has 5 heterocycles. The molecule has 5 rings (SSSR count). The van der Waals surface area contributed by atoms with E-state index in [0.717, 1.165) is 60.8 Å². The molecule has 140 valence electrons. The number of rotatable bonds is 4. The lowest BCUT2D eigenvalue weighted by molar-refractivity contribution is 0.194. The van der Waals surface area contributed by atoms with Gasteiger partial charge in [0, 0.05) is 54.9 Å². The molecule has 0 radical (unpaired) electrons. The monoisotopic (exact) mass is 370 g/mol. The molecule has 0 bridgehead atoms. The molecule has 0 N–H and O–H groups in total. The van der Waals surface area contributed by atoms with Gasteiger partial charge in [-0.05, 0) is 49.7 Å². The fraction of sp³-hybridized carbons (Fsp3) is 0.273. The third kappa shape index (κ3) is 3.51. The maximum absolute atomic E-state index is 4.81. The minimum atomic E-state index is 0.360. The molecule has 0 amide bonds. The smallest absolute Gasteiger partial charge is 0.156 e. The van der Waals surface area contributed by atoms with Gasteiger partial charge in [-0.25, -0.2) is 9.50 Å². The van der Waals surface area contributed by atoms with Gasteiger partial charge in [-0.1, -0.05) is 12.1 Å². The van der Waals surface area contributed by atoms with Gasteiger partial charge >= 0.3 is 0 Å². The molecule has 1 fully saturated rings. The van der Waals surface area contributed by atoms with Crippen LogP contribution in [0.3, 0.4) is 0 Å². The number of piperidine rings is 1. The molecule has 1 aliphatic heterocycles. The molecule has 0 unspecified atom stereocenters. The average Bonchev–Trinajstić information content (AvgIpc) is 3.19. The highest BCUT2D eigenvalue weighted by Gasteiger charge is 2.25. The first-order chi connectivity index (χ1) is 13.8. The van der Waals surface area contributed by atoms with Crippen LogP contribution < -0.4 is 0 Å². The van der Waals surface area contributed by atoms with Crippen LogP contribution in [0.5, 0.6) is 0 Å². The normalized spacial score (nSPS) is 17.8. The Kier molecular flexibility index (Phi) is 4.54. The van der Waals surface area contributed by atoms with E-state index in [9.17, 15) is 0 Å². The van der Waals surface area contributed by atoms with E-state index in [1.807, 2.05) is 47.4 Å². The maximum atomic E-state index is 4.81. The topological polar surface area (TPSA) is 59.2 Å². The SMILES string of the molecule is c1ccc(CN2CCC[C@H](c3nc4ccc(-c5cccnc5)cn4n3)C2)nc1. The molecule has 0 saturated carbocycles. The van der Waals surface area contributed by atoms with Crippen molar-refractivity contribution in [3.05, 3.63) is 78.8 Å². The minimum absolute atomic E-state index is 0.360. The molecule has 0 spiro atoms. The van der Waals surface area contributed by atoms with Crippen LogP contribution >= 0.6 is 0 Å². The number of fused-ring (bicyclic) bond motifs is 1. The molecule has 0 aromatic carbocycles. The van der Waals surface area contributed by atoms with Crippen molar-refractivity contribution in [3.63, 3.8) is 0 Å². The van der Waals surface area contributed by atoms with E-state index < -0.39 is 0 Å². The van der Waals surface area contributed by atoms with Crippen LogP contribution in [0, 0.1) is 0 Å². The van der Waals surface area contributed by atoms with Gasteiger partial charge in [-0.2, -0.15) is 5.10 Å². The van der Waals surface area contributed by atoms with Crippen LogP contribution in [0.15, 0.2) is 67.3 Å². The summed E-state index contributed by atoms with van der Waals surface area (Å²) in [5, 5.41) is 4.81. The van der Waals surface area contributed by atoms with Gasteiger partial charge in [-0.15, -0.1) is 0 Å². The molecular formula is C22H22N6. The van der Waals surface area contributed by atoms with Crippen molar-refractivity contribution < 1.29 is 0 Å². The van der Waals surface area contributed by atoms with E-state index in [0.29, 0.717) is 5.92 Å². The number of aromatic nitrogens is 5. The summed E-state index contributed by atoms with van der Waals surface area (Å²) in [6.07, 6.45) is 9.85. The Morgan fingerprint density at radius 3 is 2.86 bits per heavy atom. The standard InChI is InChI=1S/C22H22N6/c1-2-11-24-20(7-1)16-27-12-4-6-19(14-27)22-25-21-9-8-18(15-28(21)26-22)17-5-3-10-23-13-17/h1-3,5,7-11,13,15,19H,4,6,12,14,16H2/t19-/m0/s1. The largest absolute Gasteiger partial charge is 0.297 e. The Labute approximate surface area is 163 Å². The summed E-state index contributed by atoms with van der Waals surface area (Å²) in [5.41, 5.74) is 4.19. The Morgan fingerprint density at radius 1 is 1.00 bits per heavy atom. The molecule has 6 nitrogen and oxygen atoms in total. The lowest BCUT2D eigenvalue weighted by atomic mass is 9.97. The zero-order valence-electron chi connectivity index (χ0n) is 15.6. The van der Waals surface area contributed by atoms with Crippen molar-refractivity contribution in [2.45, 2.75) is 25.3 Å². The average molecular weight is 370 g/mol. The summed E-state index contributed by atoms with van der Waals surface area (Å²) in [6.45, 7) is 2.96. The fourth-order valence-corrected chi connectivity index (χ4v) is 3.91. The molecule has 6 heteroatoms.